The van der Waals surface area contributed by atoms with Gasteiger partial charge in [0.1, 0.15) is 0 Å². The lowest BCUT2D eigenvalue weighted by Gasteiger charge is -2.28. The van der Waals surface area contributed by atoms with Crippen LogP contribution >= 0.6 is 11.3 Å². The Labute approximate surface area is 179 Å². The molecule has 30 heavy (non-hydrogen) atoms. The lowest BCUT2D eigenvalue weighted by Crippen LogP contribution is -2.39. The van der Waals surface area contributed by atoms with Gasteiger partial charge in [0.2, 0.25) is 10.0 Å². The van der Waals surface area contributed by atoms with Gasteiger partial charge in [-0.3, -0.25) is 4.57 Å². The number of aromatic nitrogens is 1. The summed E-state index contributed by atoms with van der Waals surface area (Å²) in [6.07, 6.45) is 0.617. The number of nitrogens with zero attached hydrogens (tertiary/aromatic N) is 2. The lowest BCUT2D eigenvalue weighted by atomic mass is 10.1. The Kier molecular flexibility index (Phi) is 5.64. The first kappa shape index (κ1) is 20.6. The van der Waals surface area contributed by atoms with Crippen molar-refractivity contribution >= 4 is 32.5 Å². The van der Waals surface area contributed by atoms with Crippen LogP contribution in [0.15, 0.2) is 80.2 Å². The zero-order valence-electron chi connectivity index (χ0n) is 16.7. The van der Waals surface area contributed by atoms with E-state index in [0.29, 0.717) is 11.9 Å². The Bertz CT molecular complexity index is 1310. The first-order chi connectivity index (χ1) is 14.4. The van der Waals surface area contributed by atoms with Crippen molar-refractivity contribution in [2.75, 3.05) is 0 Å². The highest BCUT2D eigenvalue weighted by molar-refractivity contribution is 7.89. The molecule has 0 aliphatic rings. The molecule has 8 heteroatoms. The van der Waals surface area contributed by atoms with Gasteiger partial charge in [0.25, 0.3) is 0 Å². The maximum Gasteiger partial charge on any atom is 0.419 e. The topological polar surface area (TPSA) is 72.5 Å². The quantitative estimate of drug-likeness (QED) is 0.433. The summed E-state index contributed by atoms with van der Waals surface area (Å²) in [5.41, 5.74) is 1.72. The average Bonchev–Trinajstić information content (AvgIpc) is 3.34. The maximum atomic E-state index is 13.6. The average molecular weight is 443 g/mol. The first-order valence-electron chi connectivity index (χ1n) is 9.54. The fraction of sp³-hybridized carbons (Fsp3) is 0.227. The summed E-state index contributed by atoms with van der Waals surface area (Å²) in [6.45, 7) is 2.17. The number of hydrogen-bond acceptors (Lipinski definition) is 5. The molecule has 0 radical (unpaired) electrons. The SMILES string of the molecule is C[C@H](Cc1cccs1)N(Cc1ccccc1)S(=O)(=O)c1ccc2c(c1)oc(=O)n2C. The largest absolute Gasteiger partial charge is 0.419 e. The van der Waals surface area contributed by atoms with Gasteiger partial charge in [-0.05, 0) is 42.5 Å². The van der Waals surface area contributed by atoms with Crippen LogP contribution < -0.4 is 5.76 Å². The molecule has 0 bridgehead atoms. The summed E-state index contributed by atoms with van der Waals surface area (Å²) < 4.78 is 35.4. The molecule has 2 aromatic heterocycles. The monoisotopic (exact) mass is 442 g/mol. The summed E-state index contributed by atoms with van der Waals surface area (Å²) >= 11 is 1.61. The Morgan fingerprint density at radius 1 is 1.10 bits per heavy atom. The van der Waals surface area contributed by atoms with E-state index in [4.69, 9.17) is 4.42 Å². The third-order valence-electron chi connectivity index (χ3n) is 5.12. The van der Waals surface area contributed by atoms with E-state index >= 15 is 0 Å². The van der Waals surface area contributed by atoms with Crippen molar-refractivity contribution in [3.05, 3.63) is 87.0 Å². The van der Waals surface area contributed by atoms with E-state index in [9.17, 15) is 13.2 Å². The van der Waals surface area contributed by atoms with Crippen LogP contribution in [0.2, 0.25) is 0 Å². The highest BCUT2D eigenvalue weighted by Gasteiger charge is 2.30. The zero-order valence-corrected chi connectivity index (χ0v) is 18.3. The van der Waals surface area contributed by atoms with Crippen molar-refractivity contribution in [1.82, 2.24) is 8.87 Å². The van der Waals surface area contributed by atoms with Crippen molar-refractivity contribution in [3.8, 4) is 0 Å². The lowest BCUT2D eigenvalue weighted by molar-refractivity contribution is 0.329. The third-order valence-corrected chi connectivity index (χ3v) is 7.97. The summed E-state index contributed by atoms with van der Waals surface area (Å²) in [5, 5.41) is 1.99. The molecular formula is C22H22N2O4S2. The summed E-state index contributed by atoms with van der Waals surface area (Å²) in [5.74, 6) is -0.522. The number of aryl methyl sites for hydroxylation is 1. The third kappa shape index (κ3) is 3.98. The normalized spacial score (nSPS) is 13.2. The minimum Gasteiger partial charge on any atom is -0.408 e. The van der Waals surface area contributed by atoms with E-state index in [1.54, 1.807) is 24.5 Å². The van der Waals surface area contributed by atoms with Gasteiger partial charge in [-0.25, -0.2) is 13.2 Å². The molecule has 0 amide bonds. The molecule has 2 heterocycles. The highest BCUT2D eigenvalue weighted by Crippen LogP contribution is 2.26. The maximum absolute atomic E-state index is 13.6. The first-order valence-corrected chi connectivity index (χ1v) is 11.9. The minimum atomic E-state index is -3.83. The molecule has 0 saturated heterocycles. The predicted octanol–water partition coefficient (Wildman–Crippen LogP) is 4.02. The highest BCUT2D eigenvalue weighted by atomic mass is 32.2. The number of benzene rings is 2. The van der Waals surface area contributed by atoms with Crippen molar-refractivity contribution < 1.29 is 12.8 Å². The van der Waals surface area contributed by atoms with Gasteiger partial charge in [0.15, 0.2) is 5.58 Å². The fourth-order valence-electron chi connectivity index (χ4n) is 3.47. The molecule has 0 unspecified atom stereocenters. The smallest absolute Gasteiger partial charge is 0.408 e. The van der Waals surface area contributed by atoms with Gasteiger partial charge >= 0.3 is 5.76 Å². The second-order valence-corrected chi connectivity index (χ2v) is 10.1. The standard InChI is InChI=1S/C22H22N2O4S2/c1-16(13-18-9-6-12-29-18)24(15-17-7-4-3-5-8-17)30(26,27)19-10-11-20-21(14-19)28-22(25)23(20)2/h3-12,14,16H,13,15H2,1-2H3/t16-/m1/s1. The molecule has 0 saturated carbocycles. The van der Waals surface area contributed by atoms with E-state index in [1.165, 1.54) is 21.0 Å². The molecule has 6 nitrogen and oxygen atoms in total. The fourth-order valence-corrected chi connectivity index (χ4v) is 5.93. The Balaban J connectivity index is 1.74. The van der Waals surface area contributed by atoms with Crippen molar-refractivity contribution in [3.63, 3.8) is 0 Å². The molecule has 0 spiro atoms. The number of rotatable bonds is 7. The molecule has 0 aliphatic heterocycles. The van der Waals surface area contributed by atoms with E-state index in [2.05, 4.69) is 0 Å². The summed E-state index contributed by atoms with van der Waals surface area (Å²) in [4.78, 5) is 13.0. The van der Waals surface area contributed by atoms with Crippen molar-refractivity contribution in [1.29, 1.82) is 0 Å². The number of oxazole rings is 1. The number of thiophene rings is 1. The summed E-state index contributed by atoms with van der Waals surface area (Å²) in [6, 6.07) is 17.8. The Hall–Kier alpha value is -2.68. The van der Waals surface area contributed by atoms with Crippen molar-refractivity contribution in [2.24, 2.45) is 7.05 Å². The molecular weight excluding hydrogens is 420 g/mol. The van der Waals surface area contributed by atoms with E-state index in [1.807, 2.05) is 54.8 Å². The van der Waals surface area contributed by atoms with Crippen LogP contribution in [0.25, 0.3) is 11.1 Å². The van der Waals surface area contributed by atoms with E-state index < -0.39 is 15.8 Å². The van der Waals surface area contributed by atoms with Gasteiger partial charge in [0, 0.05) is 30.6 Å². The van der Waals surface area contributed by atoms with Gasteiger partial charge in [-0.1, -0.05) is 36.4 Å². The molecule has 0 fully saturated rings. The van der Waals surface area contributed by atoms with Crippen LogP contribution in [-0.2, 0) is 30.0 Å². The number of sulfonamides is 1. The zero-order chi connectivity index (χ0) is 21.3. The molecule has 156 valence electrons. The Morgan fingerprint density at radius 3 is 2.57 bits per heavy atom. The van der Waals surface area contributed by atoms with Gasteiger partial charge in [-0.2, -0.15) is 4.31 Å². The summed E-state index contributed by atoms with van der Waals surface area (Å²) in [7, 11) is -2.24. The van der Waals surface area contributed by atoms with Crippen LogP contribution in [-0.4, -0.2) is 23.3 Å². The van der Waals surface area contributed by atoms with Gasteiger partial charge < -0.3 is 4.42 Å². The van der Waals surface area contributed by atoms with Gasteiger partial charge in [0.05, 0.1) is 10.4 Å². The van der Waals surface area contributed by atoms with Crippen molar-refractivity contribution in [2.45, 2.75) is 30.8 Å². The molecule has 2 aromatic carbocycles. The van der Waals surface area contributed by atoms with E-state index in [-0.39, 0.29) is 23.1 Å². The molecule has 0 N–H and O–H groups in total. The number of hydrogen-bond donors (Lipinski definition) is 0. The number of fused-ring (bicyclic) bond motifs is 1. The van der Waals surface area contributed by atoms with Crippen LogP contribution in [0.5, 0.6) is 0 Å². The second-order valence-electron chi connectivity index (χ2n) is 7.22. The molecule has 4 aromatic rings. The van der Waals surface area contributed by atoms with Crippen LogP contribution in [0.4, 0.5) is 0 Å². The van der Waals surface area contributed by atoms with Crippen LogP contribution in [0.1, 0.15) is 17.4 Å². The second kappa shape index (κ2) is 8.22. The molecule has 0 aliphatic carbocycles. The minimum absolute atomic E-state index is 0.110. The van der Waals surface area contributed by atoms with E-state index in [0.717, 1.165) is 10.4 Å². The molecule has 4 rings (SSSR count). The van der Waals surface area contributed by atoms with Crippen LogP contribution in [0, 0.1) is 0 Å². The van der Waals surface area contributed by atoms with Gasteiger partial charge in [-0.15, -0.1) is 11.3 Å². The predicted molar refractivity (Wildman–Crippen MR) is 118 cm³/mol. The molecule has 1 atom stereocenters. The Morgan fingerprint density at radius 2 is 1.87 bits per heavy atom. The van der Waals surface area contributed by atoms with Crippen LogP contribution in [0.3, 0.4) is 0 Å².